The van der Waals surface area contributed by atoms with Gasteiger partial charge in [-0.25, -0.2) is 0 Å². The van der Waals surface area contributed by atoms with Gasteiger partial charge in [-0.05, 0) is 29.3 Å². The minimum absolute atomic E-state index is 0.134. The number of carboxylic acid groups (broad SMARTS) is 1. The zero-order valence-corrected chi connectivity index (χ0v) is 10.00. The largest absolute Gasteiger partial charge is 0.545 e. The van der Waals surface area contributed by atoms with Crippen LogP contribution in [0.1, 0.15) is 21.5 Å². The molecule has 0 unspecified atom stereocenters. The summed E-state index contributed by atoms with van der Waals surface area (Å²) in [7, 11) is 0. The van der Waals surface area contributed by atoms with Crippen molar-refractivity contribution in [3.8, 4) is 11.8 Å². The number of nitrogens with zero attached hydrogens (tertiary/aromatic N) is 1. The number of rotatable bonds is 4. The van der Waals surface area contributed by atoms with Crippen molar-refractivity contribution in [3.63, 3.8) is 0 Å². The number of carbonyl (C=O) groups is 1. The highest BCUT2D eigenvalue weighted by molar-refractivity contribution is 5.85. The molecular weight excluding hydrogens is 242 g/mol. The summed E-state index contributed by atoms with van der Waals surface area (Å²) in [6.07, 6.45) is 0. The quantitative estimate of drug-likeness (QED) is 0.826. The van der Waals surface area contributed by atoms with E-state index in [0.29, 0.717) is 17.9 Å². The molecule has 0 saturated carbocycles. The monoisotopic (exact) mass is 252 g/mol. The number of hydrogen-bond acceptors (Lipinski definition) is 4. The van der Waals surface area contributed by atoms with Gasteiger partial charge in [0.15, 0.2) is 0 Å². The second-order valence-corrected chi connectivity index (χ2v) is 3.91. The predicted octanol–water partition coefficient (Wildman–Crippen LogP) is 1.50. The van der Waals surface area contributed by atoms with Crippen LogP contribution in [0.25, 0.3) is 0 Å². The lowest BCUT2D eigenvalue weighted by molar-refractivity contribution is -0.255. The van der Waals surface area contributed by atoms with Gasteiger partial charge in [0.05, 0.1) is 17.6 Å². The molecule has 0 spiro atoms. The van der Waals surface area contributed by atoms with Gasteiger partial charge in [-0.3, -0.25) is 0 Å². The molecule has 2 aromatic rings. The molecule has 0 aromatic heterocycles. The maximum atomic E-state index is 10.6. The fourth-order valence-corrected chi connectivity index (χ4v) is 1.56. The smallest absolute Gasteiger partial charge is 0.121 e. The van der Waals surface area contributed by atoms with Gasteiger partial charge in [0.25, 0.3) is 0 Å². The van der Waals surface area contributed by atoms with Crippen LogP contribution in [-0.4, -0.2) is 5.97 Å². The fraction of sp³-hybridized carbons (Fsp3) is 0.0667. The van der Waals surface area contributed by atoms with E-state index in [9.17, 15) is 9.90 Å². The third kappa shape index (κ3) is 3.33. The average Bonchev–Trinajstić information content (AvgIpc) is 2.46. The van der Waals surface area contributed by atoms with E-state index < -0.39 is 5.97 Å². The van der Waals surface area contributed by atoms with Gasteiger partial charge in [0, 0.05) is 0 Å². The Balaban J connectivity index is 2.02. The third-order valence-electron chi connectivity index (χ3n) is 2.56. The van der Waals surface area contributed by atoms with E-state index in [1.54, 1.807) is 36.4 Å². The standard InChI is InChI=1S/C15H11NO3/c16-9-12-2-1-3-14(8-12)19-10-11-4-6-13(7-5-11)15(17)18/h1-8H,10H2,(H,17,18)/p-1. The average molecular weight is 252 g/mol. The van der Waals surface area contributed by atoms with Crippen molar-refractivity contribution in [2.24, 2.45) is 0 Å². The Morgan fingerprint density at radius 2 is 1.95 bits per heavy atom. The number of carboxylic acids is 1. The van der Waals surface area contributed by atoms with Crippen molar-refractivity contribution in [1.82, 2.24) is 0 Å². The highest BCUT2D eigenvalue weighted by Gasteiger charge is 1.99. The Kier molecular flexibility index (Phi) is 3.79. The normalized spacial score (nSPS) is 9.63. The number of nitriles is 1. The van der Waals surface area contributed by atoms with Gasteiger partial charge < -0.3 is 14.6 Å². The highest BCUT2D eigenvalue weighted by atomic mass is 16.5. The number of benzene rings is 2. The van der Waals surface area contributed by atoms with Gasteiger partial charge in [0.1, 0.15) is 12.4 Å². The molecule has 4 heteroatoms. The molecule has 2 rings (SSSR count). The van der Waals surface area contributed by atoms with Crippen LogP contribution in [0.5, 0.6) is 5.75 Å². The first-order chi connectivity index (χ1) is 9.19. The van der Waals surface area contributed by atoms with Crippen LogP contribution in [0.3, 0.4) is 0 Å². The summed E-state index contributed by atoms with van der Waals surface area (Å²) in [5.41, 5.74) is 1.51. The molecule has 0 N–H and O–H groups in total. The third-order valence-corrected chi connectivity index (χ3v) is 2.56. The Bertz CT molecular complexity index is 627. The molecule has 0 bridgehead atoms. The van der Waals surface area contributed by atoms with Crippen LogP contribution in [0.2, 0.25) is 0 Å². The molecule has 0 amide bonds. The summed E-state index contributed by atoms with van der Waals surface area (Å²) in [5, 5.41) is 19.4. The summed E-state index contributed by atoms with van der Waals surface area (Å²) in [6.45, 7) is 0.308. The number of aromatic carboxylic acids is 1. The van der Waals surface area contributed by atoms with E-state index in [1.165, 1.54) is 12.1 Å². The lowest BCUT2D eigenvalue weighted by Gasteiger charge is -2.07. The minimum atomic E-state index is -1.20. The van der Waals surface area contributed by atoms with Gasteiger partial charge in [-0.2, -0.15) is 5.26 Å². The van der Waals surface area contributed by atoms with Crippen molar-refractivity contribution in [2.45, 2.75) is 6.61 Å². The zero-order valence-electron chi connectivity index (χ0n) is 10.00. The lowest BCUT2D eigenvalue weighted by Crippen LogP contribution is -2.22. The minimum Gasteiger partial charge on any atom is -0.545 e. The van der Waals surface area contributed by atoms with E-state index in [2.05, 4.69) is 0 Å². The summed E-state index contributed by atoms with van der Waals surface area (Å²) in [6, 6.07) is 15.2. The van der Waals surface area contributed by atoms with E-state index in [1.807, 2.05) is 6.07 Å². The van der Waals surface area contributed by atoms with E-state index >= 15 is 0 Å². The summed E-state index contributed by atoms with van der Waals surface area (Å²) in [4.78, 5) is 10.6. The molecule has 4 nitrogen and oxygen atoms in total. The first-order valence-electron chi connectivity index (χ1n) is 5.62. The van der Waals surface area contributed by atoms with Crippen molar-refractivity contribution in [2.75, 3.05) is 0 Å². The van der Waals surface area contributed by atoms with Crippen LogP contribution in [-0.2, 0) is 6.61 Å². The lowest BCUT2D eigenvalue weighted by atomic mass is 10.1. The molecule has 0 fully saturated rings. The number of hydrogen-bond donors (Lipinski definition) is 0. The first kappa shape index (κ1) is 12.7. The van der Waals surface area contributed by atoms with Crippen molar-refractivity contribution >= 4 is 5.97 Å². The highest BCUT2D eigenvalue weighted by Crippen LogP contribution is 2.14. The Hall–Kier alpha value is -2.80. The molecular formula is C15H10NO3-. The van der Waals surface area contributed by atoms with E-state index in [-0.39, 0.29) is 5.56 Å². The topological polar surface area (TPSA) is 73.1 Å². The molecule has 0 atom stereocenters. The van der Waals surface area contributed by atoms with Gasteiger partial charge in [-0.1, -0.05) is 30.3 Å². The van der Waals surface area contributed by atoms with Crippen LogP contribution >= 0.6 is 0 Å². The molecule has 94 valence electrons. The molecule has 19 heavy (non-hydrogen) atoms. The van der Waals surface area contributed by atoms with Crippen molar-refractivity contribution in [3.05, 3.63) is 65.2 Å². The SMILES string of the molecule is N#Cc1cccc(OCc2ccc(C(=O)[O-])cc2)c1. The second kappa shape index (κ2) is 5.69. The molecule has 0 radical (unpaired) electrons. The van der Waals surface area contributed by atoms with Crippen molar-refractivity contribution < 1.29 is 14.6 Å². The Labute approximate surface area is 110 Å². The van der Waals surface area contributed by atoms with Crippen molar-refractivity contribution in [1.29, 1.82) is 5.26 Å². The van der Waals surface area contributed by atoms with Crippen LogP contribution in [0, 0.1) is 11.3 Å². The van der Waals surface area contributed by atoms with Gasteiger partial charge >= 0.3 is 0 Å². The second-order valence-electron chi connectivity index (χ2n) is 3.91. The molecule has 0 aliphatic heterocycles. The zero-order chi connectivity index (χ0) is 13.7. The molecule has 2 aromatic carbocycles. The van der Waals surface area contributed by atoms with Crippen LogP contribution in [0.4, 0.5) is 0 Å². The molecule has 0 heterocycles. The van der Waals surface area contributed by atoms with E-state index in [4.69, 9.17) is 10.00 Å². The molecule has 0 aliphatic rings. The Morgan fingerprint density at radius 3 is 2.58 bits per heavy atom. The molecule has 0 aliphatic carbocycles. The predicted molar refractivity (Wildman–Crippen MR) is 66.3 cm³/mol. The Morgan fingerprint density at radius 1 is 1.21 bits per heavy atom. The molecule has 0 saturated heterocycles. The van der Waals surface area contributed by atoms with E-state index in [0.717, 1.165) is 5.56 Å². The summed E-state index contributed by atoms with van der Waals surface area (Å²) < 4.78 is 5.52. The van der Waals surface area contributed by atoms with Crippen LogP contribution < -0.4 is 9.84 Å². The number of carbonyl (C=O) groups excluding carboxylic acids is 1. The first-order valence-corrected chi connectivity index (χ1v) is 5.62. The summed E-state index contributed by atoms with van der Waals surface area (Å²) >= 11 is 0. The maximum absolute atomic E-state index is 10.6. The summed E-state index contributed by atoms with van der Waals surface area (Å²) in [5.74, 6) is -0.600. The van der Waals surface area contributed by atoms with Gasteiger partial charge in [-0.15, -0.1) is 0 Å². The van der Waals surface area contributed by atoms with Crippen LogP contribution in [0.15, 0.2) is 48.5 Å². The van der Waals surface area contributed by atoms with Gasteiger partial charge in [0.2, 0.25) is 0 Å². The fourth-order valence-electron chi connectivity index (χ4n) is 1.56. The maximum Gasteiger partial charge on any atom is 0.121 e. The number of ether oxygens (including phenoxy) is 1.